The van der Waals surface area contributed by atoms with Crippen molar-refractivity contribution in [2.24, 2.45) is 0 Å². The highest BCUT2D eigenvalue weighted by Crippen LogP contribution is 2.47. The molecule has 0 amide bonds. The van der Waals surface area contributed by atoms with Gasteiger partial charge >= 0.3 is 0 Å². The van der Waals surface area contributed by atoms with E-state index in [-0.39, 0.29) is 10.8 Å². The van der Waals surface area contributed by atoms with Crippen molar-refractivity contribution in [3.63, 3.8) is 0 Å². The summed E-state index contributed by atoms with van der Waals surface area (Å²) in [6.07, 6.45) is 0. The van der Waals surface area contributed by atoms with E-state index in [1.54, 1.807) is 0 Å². The second-order valence-corrected chi connectivity index (χ2v) is 20.6. The third-order valence-corrected chi connectivity index (χ3v) is 14.1. The van der Waals surface area contributed by atoms with Gasteiger partial charge in [-0.3, -0.25) is 0 Å². The van der Waals surface area contributed by atoms with E-state index in [1.807, 2.05) is 6.07 Å². The van der Waals surface area contributed by atoms with Crippen LogP contribution in [-0.4, -0.2) is 4.57 Å². The van der Waals surface area contributed by atoms with Crippen LogP contribution in [0.25, 0.3) is 93.6 Å². The molecule has 0 saturated heterocycles. The molecule has 3 heteroatoms. The number of rotatable bonds is 7. The molecule has 0 spiro atoms. The Hall–Kier alpha value is -8.14. The molecular weight excluding hydrogens is 837 g/mol. The number of furan rings is 1. The van der Waals surface area contributed by atoms with Crippen LogP contribution in [0.5, 0.6) is 0 Å². The van der Waals surface area contributed by atoms with Gasteiger partial charge < -0.3 is 13.9 Å². The van der Waals surface area contributed by atoms with Crippen molar-refractivity contribution in [3.8, 4) is 39.1 Å². The first-order chi connectivity index (χ1) is 33.5. The Morgan fingerprint density at radius 2 is 0.971 bits per heavy atom. The number of nitrogens with zero attached hydrogens (tertiary/aromatic N) is 2. The highest BCUT2D eigenvalue weighted by atomic mass is 16.3. The molecule has 0 N–H and O–H groups in total. The standard InChI is InChI=1S/C66H54N2O/c1-65(2,3)46-39-45(40-47(41-46)66(4,5)6)51-26-16-19-44-20-17-28-57(63(44)51)53-23-10-13-30-59(53)67(50-37-38-56-55-25-12-15-32-61(55)69-62(56)42-50)49-35-33-43(34-36-49)52-27-18-29-58-54-24-11-14-31-60(54)68(64(52)58)48-21-8-7-9-22-48/h7-42H,1-6H3. The summed E-state index contributed by atoms with van der Waals surface area (Å²) in [6.45, 7) is 13.9. The van der Waals surface area contributed by atoms with Crippen molar-refractivity contribution in [1.29, 1.82) is 0 Å². The Morgan fingerprint density at radius 3 is 1.72 bits per heavy atom. The van der Waals surface area contributed by atoms with Crippen LogP contribution in [0.1, 0.15) is 52.7 Å². The van der Waals surface area contributed by atoms with E-state index >= 15 is 0 Å². The quantitative estimate of drug-likeness (QED) is 0.159. The highest BCUT2D eigenvalue weighted by Gasteiger charge is 2.25. The van der Waals surface area contributed by atoms with Gasteiger partial charge in [-0.25, -0.2) is 0 Å². The molecule has 2 aromatic heterocycles. The molecule has 69 heavy (non-hydrogen) atoms. The smallest absolute Gasteiger partial charge is 0.137 e. The van der Waals surface area contributed by atoms with Gasteiger partial charge in [0, 0.05) is 55.8 Å². The van der Waals surface area contributed by atoms with E-state index in [1.165, 1.54) is 66.0 Å². The minimum Gasteiger partial charge on any atom is -0.456 e. The summed E-state index contributed by atoms with van der Waals surface area (Å²) in [5, 5.41) is 7.14. The molecule has 0 unspecified atom stereocenters. The lowest BCUT2D eigenvalue weighted by molar-refractivity contribution is 0.569. The predicted octanol–water partition coefficient (Wildman–Crippen LogP) is 18.9. The van der Waals surface area contributed by atoms with Crippen LogP contribution in [0.4, 0.5) is 17.1 Å². The van der Waals surface area contributed by atoms with Gasteiger partial charge in [0.25, 0.3) is 0 Å². The van der Waals surface area contributed by atoms with Gasteiger partial charge in [-0.15, -0.1) is 0 Å². The number of hydrogen-bond acceptors (Lipinski definition) is 2. The third kappa shape index (κ3) is 7.28. The number of hydrogen-bond donors (Lipinski definition) is 0. The summed E-state index contributed by atoms with van der Waals surface area (Å²) in [6, 6.07) is 80.0. The molecule has 3 nitrogen and oxygen atoms in total. The van der Waals surface area contributed by atoms with Gasteiger partial charge in [-0.1, -0.05) is 199 Å². The minimum absolute atomic E-state index is 0.0140. The Kier molecular flexibility index (Phi) is 9.97. The van der Waals surface area contributed by atoms with Gasteiger partial charge in [0.1, 0.15) is 11.2 Å². The third-order valence-electron chi connectivity index (χ3n) is 14.1. The molecule has 12 aromatic rings. The number of aromatic nitrogens is 1. The normalized spacial score (nSPS) is 12.2. The molecule has 0 aliphatic heterocycles. The molecule has 0 aliphatic carbocycles. The Morgan fingerprint density at radius 1 is 0.391 bits per heavy atom. The van der Waals surface area contributed by atoms with Crippen molar-refractivity contribution in [3.05, 3.63) is 230 Å². The molecule has 12 rings (SSSR count). The number of anilines is 3. The van der Waals surface area contributed by atoms with Crippen molar-refractivity contribution in [2.75, 3.05) is 4.90 Å². The molecule has 0 fully saturated rings. The fraction of sp³-hybridized carbons (Fsp3) is 0.121. The second kappa shape index (κ2) is 16.3. The molecule has 0 radical (unpaired) electrons. The average molecular weight is 891 g/mol. The summed E-state index contributed by atoms with van der Waals surface area (Å²) in [7, 11) is 0. The molecule has 0 bridgehead atoms. The predicted molar refractivity (Wildman–Crippen MR) is 294 cm³/mol. The lowest BCUT2D eigenvalue weighted by Gasteiger charge is -2.29. The molecule has 0 saturated carbocycles. The Labute approximate surface area is 404 Å². The van der Waals surface area contributed by atoms with Crippen molar-refractivity contribution in [2.45, 2.75) is 52.4 Å². The van der Waals surface area contributed by atoms with E-state index in [0.717, 1.165) is 55.8 Å². The topological polar surface area (TPSA) is 21.3 Å². The van der Waals surface area contributed by atoms with Gasteiger partial charge in [0.05, 0.1) is 16.7 Å². The van der Waals surface area contributed by atoms with Crippen LogP contribution in [0.3, 0.4) is 0 Å². The van der Waals surface area contributed by atoms with Crippen molar-refractivity contribution >= 4 is 71.6 Å². The summed E-state index contributed by atoms with van der Waals surface area (Å²) in [5.41, 5.74) is 18.2. The Bertz CT molecular complexity index is 3870. The molecule has 10 aromatic carbocycles. The minimum atomic E-state index is -0.0140. The maximum absolute atomic E-state index is 6.58. The zero-order valence-electron chi connectivity index (χ0n) is 40.1. The van der Waals surface area contributed by atoms with Gasteiger partial charge in [0.2, 0.25) is 0 Å². The van der Waals surface area contributed by atoms with Crippen molar-refractivity contribution in [1.82, 2.24) is 4.57 Å². The number of fused-ring (bicyclic) bond motifs is 7. The summed E-state index contributed by atoms with van der Waals surface area (Å²) < 4.78 is 9.00. The first kappa shape index (κ1) is 42.2. The summed E-state index contributed by atoms with van der Waals surface area (Å²) in [4.78, 5) is 2.41. The van der Waals surface area contributed by atoms with Gasteiger partial charge in [0.15, 0.2) is 0 Å². The van der Waals surface area contributed by atoms with Crippen LogP contribution in [-0.2, 0) is 10.8 Å². The molecular formula is C66H54N2O. The molecule has 0 atom stereocenters. The van der Waals surface area contributed by atoms with Crippen LogP contribution < -0.4 is 4.90 Å². The maximum atomic E-state index is 6.58. The zero-order valence-corrected chi connectivity index (χ0v) is 40.1. The van der Waals surface area contributed by atoms with Crippen molar-refractivity contribution < 1.29 is 4.42 Å². The molecule has 0 aliphatic rings. The lowest BCUT2D eigenvalue weighted by atomic mass is 9.78. The van der Waals surface area contributed by atoms with E-state index < -0.39 is 0 Å². The van der Waals surface area contributed by atoms with Crippen LogP contribution in [0.15, 0.2) is 223 Å². The monoisotopic (exact) mass is 890 g/mol. The second-order valence-electron chi connectivity index (χ2n) is 20.6. The molecule has 2 heterocycles. The number of para-hydroxylation sites is 5. The average Bonchev–Trinajstić information content (AvgIpc) is 3.92. The summed E-state index contributed by atoms with van der Waals surface area (Å²) in [5.74, 6) is 0. The van der Waals surface area contributed by atoms with Crippen LogP contribution in [0.2, 0.25) is 0 Å². The first-order valence-electron chi connectivity index (χ1n) is 24.2. The fourth-order valence-electron chi connectivity index (χ4n) is 10.5. The summed E-state index contributed by atoms with van der Waals surface area (Å²) >= 11 is 0. The SMILES string of the molecule is CC(C)(C)c1cc(-c2cccc3cccc(-c4ccccc4N(c4ccc(-c5cccc6c7ccccc7n(-c7ccccc7)c56)cc4)c4ccc5c(c4)oc4ccccc45)c23)cc(C(C)(C)C)c1. The van der Waals surface area contributed by atoms with E-state index in [4.69, 9.17) is 4.42 Å². The van der Waals surface area contributed by atoms with Gasteiger partial charge in [-0.05, 0) is 110 Å². The maximum Gasteiger partial charge on any atom is 0.137 e. The largest absolute Gasteiger partial charge is 0.456 e. The van der Waals surface area contributed by atoms with E-state index in [2.05, 4.69) is 263 Å². The molecule has 334 valence electrons. The fourth-order valence-corrected chi connectivity index (χ4v) is 10.5. The number of benzene rings is 10. The van der Waals surface area contributed by atoms with E-state index in [9.17, 15) is 0 Å². The zero-order chi connectivity index (χ0) is 47.0. The van der Waals surface area contributed by atoms with Crippen LogP contribution >= 0.6 is 0 Å². The van der Waals surface area contributed by atoms with E-state index in [0.29, 0.717) is 0 Å². The van der Waals surface area contributed by atoms with Crippen LogP contribution in [0, 0.1) is 0 Å². The lowest BCUT2D eigenvalue weighted by Crippen LogP contribution is -2.16. The first-order valence-corrected chi connectivity index (χ1v) is 24.2. The highest BCUT2D eigenvalue weighted by molar-refractivity contribution is 6.14. The Balaban J connectivity index is 1.07. The van der Waals surface area contributed by atoms with Gasteiger partial charge in [-0.2, -0.15) is 0 Å².